The number of aromatic nitrogens is 2. The Bertz CT molecular complexity index is 2510. The molecule has 56 heavy (non-hydrogen) atoms. The zero-order valence-electron chi connectivity index (χ0n) is 28.3. The molecular formula is C41H21F12N3. The lowest BCUT2D eigenvalue weighted by Crippen LogP contribution is -2.11. The van der Waals surface area contributed by atoms with E-state index < -0.39 is 58.1 Å². The Morgan fingerprint density at radius 3 is 1.27 bits per heavy atom. The molecule has 0 atom stereocenters. The Hall–Kier alpha value is -6.30. The lowest BCUT2D eigenvalue weighted by Gasteiger charge is -2.16. The minimum Gasteiger partial charge on any atom is -0.309 e. The predicted molar refractivity (Wildman–Crippen MR) is 184 cm³/mol. The van der Waals surface area contributed by atoms with Gasteiger partial charge in [-0.25, -0.2) is 0 Å². The number of alkyl halides is 12. The van der Waals surface area contributed by atoms with Crippen molar-refractivity contribution >= 4 is 21.8 Å². The van der Waals surface area contributed by atoms with Gasteiger partial charge in [0.2, 0.25) is 0 Å². The van der Waals surface area contributed by atoms with Crippen molar-refractivity contribution in [3.8, 4) is 45.1 Å². The maximum Gasteiger partial charge on any atom is 0.416 e. The van der Waals surface area contributed by atoms with Crippen LogP contribution >= 0.6 is 0 Å². The summed E-state index contributed by atoms with van der Waals surface area (Å²) in [6, 6.07) is 19.0. The van der Waals surface area contributed by atoms with Crippen LogP contribution in [-0.4, -0.2) is 9.55 Å². The lowest BCUT2D eigenvalue weighted by atomic mass is 9.96. The summed E-state index contributed by atoms with van der Waals surface area (Å²) in [6.07, 6.45) is -17.6. The summed E-state index contributed by atoms with van der Waals surface area (Å²) in [5.74, 6) is 0. The van der Waals surface area contributed by atoms with Gasteiger partial charge in [-0.15, -0.1) is 0 Å². The molecule has 0 bridgehead atoms. The van der Waals surface area contributed by atoms with Gasteiger partial charge < -0.3 is 4.57 Å². The van der Waals surface area contributed by atoms with Crippen LogP contribution in [0.3, 0.4) is 0 Å². The number of pyridine rings is 1. The van der Waals surface area contributed by atoms with Gasteiger partial charge in [-0.2, -0.15) is 57.9 Å². The summed E-state index contributed by atoms with van der Waals surface area (Å²) in [5, 5.41) is 10.4. The summed E-state index contributed by atoms with van der Waals surface area (Å²) in [6.45, 7) is 1.69. The van der Waals surface area contributed by atoms with Crippen LogP contribution < -0.4 is 0 Å². The fraction of sp³-hybridized carbons (Fsp3) is 0.122. The highest BCUT2D eigenvalue weighted by Crippen LogP contribution is 2.44. The van der Waals surface area contributed by atoms with Gasteiger partial charge in [-0.3, -0.25) is 4.98 Å². The van der Waals surface area contributed by atoms with E-state index in [0.29, 0.717) is 57.7 Å². The largest absolute Gasteiger partial charge is 0.416 e. The maximum atomic E-state index is 13.8. The van der Waals surface area contributed by atoms with Crippen molar-refractivity contribution < 1.29 is 52.7 Å². The number of halogens is 12. The van der Waals surface area contributed by atoms with Gasteiger partial charge >= 0.3 is 24.7 Å². The third-order valence-corrected chi connectivity index (χ3v) is 9.30. The molecule has 0 saturated heterocycles. The molecule has 0 fully saturated rings. The Labute approximate surface area is 308 Å². The van der Waals surface area contributed by atoms with Gasteiger partial charge in [0.25, 0.3) is 0 Å². The first kappa shape index (κ1) is 38.0. The number of nitriles is 1. The quantitative estimate of drug-likeness (QED) is 0.167. The molecule has 5 aromatic carbocycles. The Morgan fingerprint density at radius 2 is 0.893 bits per heavy atom. The minimum absolute atomic E-state index is 0.0154. The van der Waals surface area contributed by atoms with E-state index in [1.807, 2.05) is 0 Å². The number of benzene rings is 5. The normalized spacial score (nSPS) is 12.7. The molecule has 15 heteroatoms. The van der Waals surface area contributed by atoms with Crippen LogP contribution in [0.25, 0.3) is 60.9 Å². The first-order valence-electron chi connectivity index (χ1n) is 16.3. The lowest BCUT2D eigenvalue weighted by molar-refractivity contribution is -0.144. The molecule has 2 heterocycles. The second-order valence-corrected chi connectivity index (χ2v) is 12.9. The molecule has 3 nitrogen and oxygen atoms in total. The molecule has 7 aromatic rings. The van der Waals surface area contributed by atoms with Gasteiger partial charge in [0.15, 0.2) is 0 Å². The average molecular weight is 784 g/mol. The van der Waals surface area contributed by atoms with Crippen molar-refractivity contribution in [3.05, 3.63) is 143 Å². The highest BCUT2D eigenvalue weighted by Gasteiger charge is 2.38. The SMILES string of the molecule is Cc1cc(C#N)c(-c2ccncc2)cc1-n1c2ccc(-c3cc(C(F)(F)F)cc(C(F)(F)F)c3)cc2c2cc(-c3cc(C(F)(F)F)cc(C(F)(F)F)c3)ccc21. The first-order valence-corrected chi connectivity index (χ1v) is 16.3. The van der Waals surface area contributed by atoms with Crippen molar-refractivity contribution in [3.63, 3.8) is 0 Å². The number of hydrogen-bond donors (Lipinski definition) is 0. The highest BCUT2D eigenvalue weighted by atomic mass is 19.4. The second-order valence-electron chi connectivity index (χ2n) is 12.9. The van der Waals surface area contributed by atoms with Crippen LogP contribution in [0.2, 0.25) is 0 Å². The average Bonchev–Trinajstić information content (AvgIpc) is 3.46. The van der Waals surface area contributed by atoms with E-state index in [2.05, 4.69) is 11.1 Å². The monoisotopic (exact) mass is 783 g/mol. The number of nitrogens with zero attached hydrogens (tertiary/aromatic N) is 3. The van der Waals surface area contributed by atoms with Crippen LogP contribution in [0.15, 0.2) is 109 Å². The Balaban J connectivity index is 1.55. The topological polar surface area (TPSA) is 41.6 Å². The second kappa shape index (κ2) is 13.2. The molecule has 2 aromatic heterocycles. The molecule has 0 spiro atoms. The minimum atomic E-state index is -5.15. The van der Waals surface area contributed by atoms with Gasteiger partial charge in [-0.1, -0.05) is 12.1 Å². The summed E-state index contributed by atoms with van der Waals surface area (Å²) in [7, 11) is 0. The van der Waals surface area contributed by atoms with Crippen LogP contribution in [0.1, 0.15) is 33.4 Å². The fourth-order valence-corrected chi connectivity index (χ4v) is 6.69. The number of rotatable bonds is 4. The summed E-state index contributed by atoms with van der Waals surface area (Å²) in [4.78, 5) is 4.00. The third kappa shape index (κ3) is 7.02. The molecule has 0 aliphatic rings. The molecule has 0 N–H and O–H groups in total. The third-order valence-electron chi connectivity index (χ3n) is 9.30. The van der Waals surface area contributed by atoms with E-state index in [9.17, 15) is 57.9 Å². The van der Waals surface area contributed by atoms with E-state index in [-0.39, 0.29) is 39.6 Å². The van der Waals surface area contributed by atoms with Crippen LogP contribution in [0.4, 0.5) is 52.7 Å². The number of fused-ring (bicyclic) bond motifs is 3. The zero-order valence-corrected chi connectivity index (χ0v) is 28.3. The van der Waals surface area contributed by atoms with Crippen molar-refractivity contribution in [1.82, 2.24) is 9.55 Å². The van der Waals surface area contributed by atoms with Crippen LogP contribution in [0.5, 0.6) is 0 Å². The molecule has 0 unspecified atom stereocenters. The van der Waals surface area contributed by atoms with Gasteiger partial charge in [0.1, 0.15) is 0 Å². The predicted octanol–water partition coefficient (Wildman–Crippen LogP) is 13.4. The van der Waals surface area contributed by atoms with Crippen molar-refractivity contribution in [2.45, 2.75) is 31.6 Å². The number of hydrogen-bond acceptors (Lipinski definition) is 2. The van der Waals surface area contributed by atoms with E-state index >= 15 is 0 Å². The first-order chi connectivity index (χ1) is 26.1. The molecule has 0 saturated carbocycles. The van der Waals surface area contributed by atoms with E-state index in [1.165, 1.54) is 48.8 Å². The molecule has 284 valence electrons. The van der Waals surface area contributed by atoms with Crippen LogP contribution in [0, 0.1) is 18.3 Å². The maximum absolute atomic E-state index is 13.8. The number of aryl methyl sites for hydroxylation is 1. The summed E-state index contributed by atoms with van der Waals surface area (Å²) in [5.41, 5.74) is -4.28. The van der Waals surface area contributed by atoms with Crippen LogP contribution in [-0.2, 0) is 24.7 Å². The van der Waals surface area contributed by atoms with E-state index in [0.717, 1.165) is 0 Å². The Morgan fingerprint density at radius 1 is 0.482 bits per heavy atom. The highest BCUT2D eigenvalue weighted by molar-refractivity contribution is 6.12. The van der Waals surface area contributed by atoms with E-state index in [1.54, 1.807) is 35.8 Å². The molecular weight excluding hydrogens is 762 g/mol. The fourth-order valence-electron chi connectivity index (χ4n) is 6.69. The van der Waals surface area contributed by atoms with Gasteiger partial charge in [0.05, 0.1) is 44.9 Å². The molecule has 0 aliphatic carbocycles. The van der Waals surface area contributed by atoms with Crippen molar-refractivity contribution in [2.24, 2.45) is 0 Å². The molecule has 0 aliphatic heterocycles. The molecule has 0 radical (unpaired) electrons. The Kier molecular flexibility index (Phi) is 8.94. The van der Waals surface area contributed by atoms with E-state index in [4.69, 9.17) is 0 Å². The zero-order chi connectivity index (χ0) is 40.5. The van der Waals surface area contributed by atoms with Gasteiger partial charge in [-0.05, 0) is 125 Å². The molecule has 0 amide bonds. The smallest absolute Gasteiger partial charge is 0.309 e. The van der Waals surface area contributed by atoms with Gasteiger partial charge in [0, 0.05) is 34.4 Å². The molecule has 7 rings (SSSR count). The standard InChI is InChI=1S/C41H21F12N3/c1-21-10-27(20-54)32(22-6-8-55-9-7-22)19-37(21)56-35-4-2-23(25-11-28(38(42,43)44)17-29(12-25)39(45,46)47)15-33(35)34-16-24(3-5-36(34)56)26-13-30(40(48,49)50)18-31(14-26)41(51,52)53/h2-19H,1H3. The van der Waals surface area contributed by atoms with Crippen molar-refractivity contribution in [1.29, 1.82) is 5.26 Å². The van der Waals surface area contributed by atoms with Crippen molar-refractivity contribution in [2.75, 3.05) is 0 Å². The summed E-state index contributed by atoms with van der Waals surface area (Å²) >= 11 is 0. The summed E-state index contributed by atoms with van der Waals surface area (Å²) < 4.78 is 168.